The highest BCUT2D eigenvalue weighted by molar-refractivity contribution is 5.97. The first-order valence-electron chi connectivity index (χ1n) is 7.05. The molecule has 0 aliphatic heterocycles. The molecule has 0 saturated carbocycles. The number of aliphatic carboxylic acids is 1. The minimum Gasteiger partial charge on any atom is -0.480 e. The Morgan fingerprint density at radius 2 is 1.86 bits per heavy atom. The number of para-hydroxylation sites is 1. The highest BCUT2D eigenvalue weighted by Crippen LogP contribution is 2.12. The number of carboxylic acids is 1. The molecule has 1 atom stereocenters. The smallest absolute Gasteiger partial charge is 0.326 e. The molecule has 0 spiro atoms. The summed E-state index contributed by atoms with van der Waals surface area (Å²) in [5.74, 6) is -1.68. The van der Waals surface area contributed by atoms with Gasteiger partial charge < -0.3 is 10.4 Å². The van der Waals surface area contributed by atoms with Crippen molar-refractivity contribution < 1.29 is 14.7 Å². The van der Waals surface area contributed by atoms with Gasteiger partial charge in [0.05, 0.1) is 16.9 Å². The number of nitrogens with one attached hydrogen (secondary N) is 1. The van der Waals surface area contributed by atoms with E-state index in [-0.39, 0.29) is 5.92 Å². The van der Waals surface area contributed by atoms with Gasteiger partial charge in [-0.2, -0.15) is 5.10 Å². The maximum atomic E-state index is 12.3. The van der Waals surface area contributed by atoms with E-state index in [0.29, 0.717) is 11.3 Å². The number of nitrogens with zero attached hydrogens (tertiary/aromatic N) is 2. The van der Waals surface area contributed by atoms with Crippen LogP contribution in [0.4, 0.5) is 0 Å². The number of carbonyl (C=O) groups excluding carboxylic acids is 1. The summed E-state index contributed by atoms with van der Waals surface area (Å²) in [5.41, 5.74) is 1.76. The number of aromatic nitrogens is 2. The molecule has 2 N–H and O–H groups in total. The van der Waals surface area contributed by atoms with Gasteiger partial charge in [0, 0.05) is 6.20 Å². The summed E-state index contributed by atoms with van der Waals surface area (Å²) >= 11 is 0. The molecule has 116 valence electrons. The van der Waals surface area contributed by atoms with Crippen LogP contribution in [0.15, 0.2) is 36.5 Å². The topological polar surface area (TPSA) is 84.2 Å². The predicted molar refractivity (Wildman–Crippen MR) is 82.0 cm³/mol. The molecule has 2 rings (SSSR count). The lowest BCUT2D eigenvalue weighted by Crippen LogP contribution is -2.44. The van der Waals surface area contributed by atoms with Gasteiger partial charge in [0.2, 0.25) is 0 Å². The number of benzene rings is 1. The molecule has 0 bridgehead atoms. The number of rotatable bonds is 5. The molecule has 0 aliphatic rings. The summed E-state index contributed by atoms with van der Waals surface area (Å²) < 4.78 is 1.61. The van der Waals surface area contributed by atoms with Gasteiger partial charge in [-0.05, 0) is 25.0 Å². The van der Waals surface area contributed by atoms with Crippen molar-refractivity contribution in [3.63, 3.8) is 0 Å². The first-order valence-corrected chi connectivity index (χ1v) is 7.05. The molecule has 0 saturated heterocycles. The zero-order valence-corrected chi connectivity index (χ0v) is 12.8. The Labute approximate surface area is 128 Å². The van der Waals surface area contributed by atoms with Gasteiger partial charge in [0.25, 0.3) is 5.91 Å². The molecular weight excluding hydrogens is 282 g/mol. The second kappa shape index (κ2) is 6.43. The molecule has 1 amide bonds. The molecule has 0 unspecified atom stereocenters. The first-order chi connectivity index (χ1) is 10.4. The number of aryl methyl sites for hydroxylation is 1. The van der Waals surface area contributed by atoms with Crippen molar-refractivity contribution in [2.24, 2.45) is 5.92 Å². The van der Waals surface area contributed by atoms with Gasteiger partial charge in [-0.1, -0.05) is 32.0 Å². The van der Waals surface area contributed by atoms with Crippen molar-refractivity contribution in [1.82, 2.24) is 15.1 Å². The minimum absolute atomic E-state index is 0.203. The average molecular weight is 301 g/mol. The van der Waals surface area contributed by atoms with Crippen LogP contribution in [0.25, 0.3) is 5.69 Å². The van der Waals surface area contributed by atoms with E-state index in [4.69, 9.17) is 5.11 Å². The van der Waals surface area contributed by atoms with Gasteiger partial charge >= 0.3 is 5.97 Å². The van der Waals surface area contributed by atoms with Gasteiger partial charge in [-0.25, -0.2) is 9.48 Å². The molecule has 1 aromatic carbocycles. The number of carbonyl (C=O) groups is 2. The molecule has 6 heteroatoms. The SMILES string of the molecule is Cc1nn(-c2ccccc2)cc1C(=O)N[C@H](C(=O)O)C(C)C. The summed E-state index contributed by atoms with van der Waals surface area (Å²) in [6.45, 7) is 5.22. The molecule has 2 aromatic rings. The molecule has 0 aliphatic carbocycles. The fraction of sp³-hybridized carbons (Fsp3) is 0.312. The summed E-state index contributed by atoms with van der Waals surface area (Å²) in [6, 6.07) is 8.49. The van der Waals surface area contributed by atoms with Crippen LogP contribution in [0.5, 0.6) is 0 Å². The molecule has 0 fully saturated rings. The van der Waals surface area contributed by atoms with Crippen molar-refractivity contribution in [2.45, 2.75) is 26.8 Å². The monoisotopic (exact) mass is 301 g/mol. The lowest BCUT2D eigenvalue weighted by Gasteiger charge is -2.17. The fourth-order valence-corrected chi connectivity index (χ4v) is 2.13. The van der Waals surface area contributed by atoms with Crippen molar-refractivity contribution in [2.75, 3.05) is 0 Å². The summed E-state index contributed by atoms with van der Waals surface area (Å²) in [7, 11) is 0. The second-order valence-electron chi connectivity index (χ2n) is 5.44. The number of hydrogen-bond donors (Lipinski definition) is 2. The van der Waals surface area contributed by atoms with Crippen molar-refractivity contribution >= 4 is 11.9 Å². The quantitative estimate of drug-likeness (QED) is 0.885. The highest BCUT2D eigenvalue weighted by atomic mass is 16.4. The van der Waals surface area contributed by atoms with Crippen LogP contribution < -0.4 is 5.32 Å². The third-order valence-corrected chi connectivity index (χ3v) is 3.38. The number of carboxylic acid groups (broad SMARTS) is 1. The van der Waals surface area contributed by atoms with E-state index < -0.39 is 17.9 Å². The Morgan fingerprint density at radius 1 is 1.23 bits per heavy atom. The Balaban J connectivity index is 2.24. The van der Waals surface area contributed by atoms with Gasteiger partial charge in [-0.15, -0.1) is 0 Å². The first kappa shape index (κ1) is 15.8. The normalized spacial score (nSPS) is 12.2. The molecule has 1 heterocycles. The van der Waals surface area contributed by atoms with Crippen LogP contribution in [0.3, 0.4) is 0 Å². The summed E-state index contributed by atoms with van der Waals surface area (Å²) in [6.07, 6.45) is 1.61. The number of amides is 1. The third kappa shape index (κ3) is 3.33. The number of hydrogen-bond acceptors (Lipinski definition) is 3. The molecule has 0 radical (unpaired) electrons. The lowest BCUT2D eigenvalue weighted by atomic mass is 10.0. The van der Waals surface area contributed by atoms with E-state index in [0.717, 1.165) is 5.69 Å². The maximum absolute atomic E-state index is 12.3. The highest BCUT2D eigenvalue weighted by Gasteiger charge is 2.25. The molecule has 22 heavy (non-hydrogen) atoms. The van der Waals surface area contributed by atoms with Crippen molar-refractivity contribution in [1.29, 1.82) is 0 Å². The molecule has 6 nitrogen and oxygen atoms in total. The van der Waals surface area contributed by atoms with E-state index in [2.05, 4.69) is 10.4 Å². The predicted octanol–water partition coefficient (Wildman–Crippen LogP) is 2.02. The lowest BCUT2D eigenvalue weighted by molar-refractivity contribution is -0.140. The second-order valence-corrected chi connectivity index (χ2v) is 5.44. The standard InChI is InChI=1S/C16H19N3O3/c1-10(2)14(16(21)22)17-15(20)13-9-19(18-11(13)3)12-7-5-4-6-8-12/h4-10,14H,1-3H3,(H,17,20)(H,21,22)/t14-/m0/s1. The Hall–Kier alpha value is -2.63. The molecule has 1 aromatic heterocycles. The van der Waals surface area contributed by atoms with Crippen LogP contribution in [0.1, 0.15) is 29.9 Å². The zero-order chi connectivity index (χ0) is 16.3. The van der Waals surface area contributed by atoms with E-state index in [1.165, 1.54) is 0 Å². The Morgan fingerprint density at radius 3 is 2.41 bits per heavy atom. The van der Waals surface area contributed by atoms with Crippen LogP contribution >= 0.6 is 0 Å². The summed E-state index contributed by atoms with van der Waals surface area (Å²) in [4.78, 5) is 23.5. The largest absolute Gasteiger partial charge is 0.480 e. The van der Waals surface area contributed by atoms with Crippen LogP contribution in [-0.2, 0) is 4.79 Å². The summed E-state index contributed by atoms with van der Waals surface area (Å²) in [5, 5.41) is 16.0. The zero-order valence-electron chi connectivity index (χ0n) is 12.8. The van der Waals surface area contributed by atoms with Gasteiger partial charge in [0.1, 0.15) is 6.04 Å². The Bertz CT molecular complexity index is 677. The van der Waals surface area contributed by atoms with Crippen molar-refractivity contribution in [3.05, 3.63) is 47.8 Å². The Kier molecular flexibility index (Phi) is 4.60. The third-order valence-electron chi connectivity index (χ3n) is 3.38. The van der Waals surface area contributed by atoms with Crippen LogP contribution in [0.2, 0.25) is 0 Å². The van der Waals surface area contributed by atoms with Gasteiger partial charge in [-0.3, -0.25) is 4.79 Å². The maximum Gasteiger partial charge on any atom is 0.326 e. The fourth-order valence-electron chi connectivity index (χ4n) is 2.13. The van der Waals surface area contributed by atoms with Gasteiger partial charge in [0.15, 0.2) is 0 Å². The van der Waals surface area contributed by atoms with E-state index >= 15 is 0 Å². The van der Waals surface area contributed by atoms with E-state index in [1.807, 2.05) is 30.3 Å². The minimum atomic E-state index is -1.04. The van der Waals surface area contributed by atoms with Crippen LogP contribution in [0, 0.1) is 12.8 Å². The van der Waals surface area contributed by atoms with Crippen molar-refractivity contribution in [3.8, 4) is 5.69 Å². The van der Waals surface area contributed by atoms with E-state index in [1.54, 1.807) is 31.6 Å². The molecular formula is C16H19N3O3. The van der Waals surface area contributed by atoms with Crippen LogP contribution in [-0.4, -0.2) is 32.8 Å². The average Bonchev–Trinajstić information content (AvgIpc) is 2.87. The van der Waals surface area contributed by atoms with E-state index in [9.17, 15) is 9.59 Å².